The Labute approximate surface area is 155 Å². The maximum atomic E-state index is 12.7. The Morgan fingerprint density at radius 2 is 1.78 bits per heavy atom. The summed E-state index contributed by atoms with van der Waals surface area (Å²) in [6, 6.07) is 11.6. The van der Waals surface area contributed by atoms with Crippen LogP contribution in [0.15, 0.2) is 54.6 Å². The van der Waals surface area contributed by atoms with Crippen LogP contribution in [0.2, 0.25) is 0 Å². The molecule has 0 bridgehead atoms. The Bertz CT molecular complexity index is 843. The Morgan fingerprint density at radius 3 is 2.37 bits per heavy atom. The zero-order chi connectivity index (χ0) is 20.0. The summed E-state index contributed by atoms with van der Waals surface area (Å²) in [5.74, 6) is -0.544. The average Bonchev–Trinajstić information content (AvgIpc) is 2.65. The minimum Gasteiger partial charge on any atom is -0.355 e. The molecule has 27 heavy (non-hydrogen) atoms. The molecule has 142 valence electrons. The van der Waals surface area contributed by atoms with Gasteiger partial charge in [0.2, 0.25) is 5.91 Å². The fourth-order valence-corrected chi connectivity index (χ4v) is 2.37. The molecule has 1 N–H and O–H groups in total. The molecule has 0 unspecified atom stereocenters. The van der Waals surface area contributed by atoms with Crippen LogP contribution < -0.4 is 5.32 Å². The monoisotopic (exact) mass is 376 g/mol. The van der Waals surface area contributed by atoms with Gasteiger partial charge in [-0.05, 0) is 41.5 Å². The molecule has 4 nitrogen and oxygen atoms in total. The zero-order valence-electron chi connectivity index (χ0n) is 14.9. The van der Waals surface area contributed by atoms with Crippen molar-refractivity contribution in [3.8, 4) is 0 Å². The summed E-state index contributed by atoms with van der Waals surface area (Å²) >= 11 is 0. The molecule has 7 heteroatoms. The molecule has 0 fully saturated rings. The first-order chi connectivity index (χ1) is 12.7. The van der Waals surface area contributed by atoms with Crippen LogP contribution in [0, 0.1) is 0 Å². The number of rotatable bonds is 5. The standard InChI is InChI=1S/C20H19F3N2O2/c1-24-19(27)16-9-6-15(7-10-16)13-25(2)18(26)11-8-14-4-3-5-17(12-14)20(21,22)23/h3-12H,13H2,1-2H3,(H,24,27)/b11-8+. The van der Waals surface area contributed by atoms with Crippen LogP contribution in [-0.4, -0.2) is 30.8 Å². The third-order valence-electron chi connectivity index (χ3n) is 3.87. The van der Waals surface area contributed by atoms with Gasteiger partial charge < -0.3 is 10.2 Å². The molecule has 0 aliphatic rings. The lowest BCUT2D eigenvalue weighted by Gasteiger charge is -2.15. The van der Waals surface area contributed by atoms with Crippen molar-refractivity contribution in [2.45, 2.75) is 12.7 Å². The van der Waals surface area contributed by atoms with Gasteiger partial charge in [0.15, 0.2) is 0 Å². The number of amides is 2. The van der Waals surface area contributed by atoms with Crippen molar-refractivity contribution in [2.24, 2.45) is 0 Å². The van der Waals surface area contributed by atoms with Gasteiger partial charge in [-0.1, -0.05) is 24.3 Å². The third-order valence-corrected chi connectivity index (χ3v) is 3.87. The molecule has 0 atom stereocenters. The highest BCUT2D eigenvalue weighted by molar-refractivity contribution is 5.94. The Balaban J connectivity index is 2.01. The van der Waals surface area contributed by atoms with E-state index in [9.17, 15) is 22.8 Å². The number of alkyl halides is 3. The predicted molar refractivity (Wildman–Crippen MR) is 96.8 cm³/mol. The van der Waals surface area contributed by atoms with Crippen molar-refractivity contribution in [3.05, 3.63) is 76.9 Å². The topological polar surface area (TPSA) is 49.4 Å². The number of benzene rings is 2. The molecule has 0 aliphatic heterocycles. The van der Waals surface area contributed by atoms with E-state index in [-0.39, 0.29) is 11.8 Å². The number of carbonyl (C=O) groups is 2. The van der Waals surface area contributed by atoms with Gasteiger partial charge in [-0.25, -0.2) is 0 Å². The minimum absolute atomic E-state index is 0.199. The molecule has 0 saturated heterocycles. The van der Waals surface area contributed by atoms with E-state index >= 15 is 0 Å². The molecule has 2 amide bonds. The fourth-order valence-electron chi connectivity index (χ4n) is 2.37. The molecule has 0 aromatic heterocycles. The number of likely N-dealkylation sites (N-methyl/N-ethyl adjacent to an activating group) is 1. The molecule has 0 radical (unpaired) electrons. The summed E-state index contributed by atoms with van der Waals surface area (Å²) in [4.78, 5) is 25.1. The van der Waals surface area contributed by atoms with Gasteiger partial charge in [-0.3, -0.25) is 9.59 Å². The predicted octanol–water partition coefficient (Wildman–Crippen LogP) is 3.74. The normalized spacial score (nSPS) is 11.4. The second kappa shape index (κ2) is 8.53. The molecule has 0 saturated carbocycles. The van der Waals surface area contributed by atoms with Gasteiger partial charge in [0.25, 0.3) is 5.91 Å². The molecular formula is C20H19F3N2O2. The van der Waals surface area contributed by atoms with E-state index in [0.717, 1.165) is 17.7 Å². The van der Waals surface area contributed by atoms with E-state index in [0.29, 0.717) is 17.7 Å². The van der Waals surface area contributed by atoms with Gasteiger partial charge in [0.05, 0.1) is 5.56 Å². The third kappa shape index (κ3) is 5.70. The first-order valence-corrected chi connectivity index (χ1v) is 8.12. The van der Waals surface area contributed by atoms with Crippen LogP contribution in [0.3, 0.4) is 0 Å². The van der Waals surface area contributed by atoms with Crippen molar-refractivity contribution < 1.29 is 22.8 Å². The van der Waals surface area contributed by atoms with Crippen molar-refractivity contribution in [1.82, 2.24) is 10.2 Å². The van der Waals surface area contributed by atoms with E-state index in [1.165, 1.54) is 29.2 Å². The molecule has 2 rings (SSSR count). The van der Waals surface area contributed by atoms with Crippen LogP contribution in [0.1, 0.15) is 27.0 Å². The second-order valence-corrected chi connectivity index (χ2v) is 5.93. The highest BCUT2D eigenvalue weighted by Crippen LogP contribution is 2.29. The van der Waals surface area contributed by atoms with Gasteiger partial charge in [0, 0.05) is 32.3 Å². The van der Waals surface area contributed by atoms with Crippen LogP contribution in [0.25, 0.3) is 6.08 Å². The average molecular weight is 376 g/mol. The summed E-state index contributed by atoms with van der Waals surface area (Å²) in [5, 5.41) is 2.52. The lowest BCUT2D eigenvalue weighted by molar-refractivity contribution is -0.137. The van der Waals surface area contributed by atoms with Crippen LogP contribution in [-0.2, 0) is 17.5 Å². The Hall–Kier alpha value is -3.09. The summed E-state index contributed by atoms with van der Waals surface area (Å²) in [6.07, 6.45) is -1.84. The maximum Gasteiger partial charge on any atom is 0.416 e. The largest absolute Gasteiger partial charge is 0.416 e. The van der Waals surface area contributed by atoms with Gasteiger partial charge in [-0.2, -0.15) is 13.2 Å². The number of carbonyl (C=O) groups excluding carboxylic acids is 2. The van der Waals surface area contributed by atoms with E-state index in [1.807, 2.05) is 0 Å². The minimum atomic E-state index is -4.43. The maximum absolute atomic E-state index is 12.7. The van der Waals surface area contributed by atoms with E-state index < -0.39 is 11.7 Å². The summed E-state index contributed by atoms with van der Waals surface area (Å²) in [7, 11) is 3.13. The van der Waals surface area contributed by atoms with E-state index in [1.54, 1.807) is 38.4 Å². The smallest absolute Gasteiger partial charge is 0.355 e. The quantitative estimate of drug-likeness (QED) is 0.809. The number of hydrogen-bond donors (Lipinski definition) is 1. The SMILES string of the molecule is CNC(=O)c1ccc(CN(C)C(=O)/C=C/c2cccc(C(F)(F)F)c2)cc1. The molecule has 0 aliphatic carbocycles. The van der Waals surface area contributed by atoms with Crippen molar-refractivity contribution in [1.29, 1.82) is 0 Å². The highest BCUT2D eigenvalue weighted by atomic mass is 19.4. The number of nitrogens with zero attached hydrogens (tertiary/aromatic N) is 1. The molecule has 2 aromatic carbocycles. The lowest BCUT2D eigenvalue weighted by Crippen LogP contribution is -2.24. The lowest BCUT2D eigenvalue weighted by atomic mass is 10.1. The zero-order valence-corrected chi connectivity index (χ0v) is 14.9. The molecule has 0 spiro atoms. The van der Waals surface area contributed by atoms with Crippen LogP contribution >= 0.6 is 0 Å². The van der Waals surface area contributed by atoms with Crippen LogP contribution in [0.4, 0.5) is 13.2 Å². The van der Waals surface area contributed by atoms with Crippen molar-refractivity contribution >= 4 is 17.9 Å². The summed E-state index contributed by atoms with van der Waals surface area (Å²) in [6.45, 7) is 0.305. The van der Waals surface area contributed by atoms with Crippen molar-refractivity contribution in [2.75, 3.05) is 14.1 Å². The van der Waals surface area contributed by atoms with Gasteiger partial charge >= 0.3 is 6.18 Å². The molecule has 2 aromatic rings. The van der Waals surface area contributed by atoms with Crippen molar-refractivity contribution in [3.63, 3.8) is 0 Å². The van der Waals surface area contributed by atoms with Gasteiger partial charge in [0.1, 0.15) is 0 Å². The number of halogens is 3. The number of hydrogen-bond acceptors (Lipinski definition) is 2. The second-order valence-electron chi connectivity index (χ2n) is 5.93. The number of nitrogens with one attached hydrogen (secondary N) is 1. The fraction of sp³-hybridized carbons (Fsp3) is 0.200. The Kier molecular flexibility index (Phi) is 6.39. The van der Waals surface area contributed by atoms with E-state index in [2.05, 4.69) is 5.32 Å². The highest BCUT2D eigenvalue weighted by Gasteiger charge is 2.30. The molecule has 0 heterocycles. The molecular weight excluding hydrogens is 357 g/mol. The summed E-state index contributed by atoms with van der Waals surface area (Å²) < 4.78 is 38.1. The van der Waals surface area contributed by atoms with Crippen LogP contribution in [0.5, 0.6) is 0 Å². The first kappa shape index (κ1) is 20.2. The summed E-state index contributed by atoms with van der Waals surface area (Å²) in [5.41, 5.74) is 0.869. The Morgan fingerprint density at radius 1 is 1.11 bits per heavy atom. The van der Waals surface area contributed by atoms with E-state index in [4.69, 9.17) is 0 Å². The van der Waals surface area contributed by atoms with Gasteiger partial charge in [-0.15, -0.1) is 0 Å². The first-order valence-electron chi connectivity index (χ1n) is 8.12.